The molecular formula is C16H18ClNO. The van der Waals surface area contributed by atoms with Gasteiger partial charge in [0.15, 0.2) is 0 Å². The third kappa shape index (κ3) is 2.75. The minimum atomic E-state index is -0.177. The van der Waals surface area contributed by atoms with Crippen LogP contribution in [0.5, 0.6) is 5.75 Å². The van der Waals surface area contributed by atoms with Crippen LogP contribution in [-0.4, -0.2) is 7.11 Å². The lowest BCUT2D eigenvalue weighted by Crippen LogP contribution is -2.13. The van der Waals surface area contributed by atoms with Crippen LogP contribution in [0.1, 0.15) is 28.3 Å². The zero-order valence-corrected chi connectivity index (χ0v) is 12.2. The highest BCUT2D eigenvalue weighted by Crippen LogP contribution is 2.29. The predicted molar refractivity (Wildman–Crippen MR) is 80.0 cm³/mol. The van der Waals surface area contributed by atoms with E-state index in [9.17, 15) is 0 Å². The molecule has 0 spiro atoms. The first kappa shape index (κ1) is 13.9. The Labute approximate surface area is 119 Å². The summed E-state index contributed by atoms with van der Waals surface area (Å²) < 4.78 is 5.27. The summed E-state index contributed by atoms with van der Waals surface area (Å²) in [7, 11) is 1.67. The molecule has 19 heavy (non-hydrogen) atoms. The van der Waals surface area contributed by atoms with Crippen molar-refractivity contribution in [3.05, 3.63) is 63.7 Å². The molecule has 0 aliphatic rings. The molecule has 0 aliphatic heterocycles. The van der Waals surface area contributed by atoms with Crippen molar-refractivity contribution in [1.82, 2.24) is 0 Å². The fourth-order valence-corrected chi connectivity index (χ4v) is 2.42. The molecule has 0 radical (unpaired) electrons. The second-order valence-electron chi connectivity index (χ2n) is 4.66. The minimum Gasteiger partial charge on any atom is -0.496 e. The molecule has 0 bridgehead atoms. The second-order valence-corrected chi connectivity index (χ2v) is 5.07. The van der Waals surface area contributed by atoms with E-state index < -0.39 is 0 Å². The second kappa shape index (κ2) is 5.64. The van der Waals surface area contributed by atoms with Crippen molar-refractivity contribution in [2.45, 2.75) is 19.9 Å². The van der Waals surface area contributed by atoms with Gasteiger partial charge in [0.2, 0.25) is 0 Å². The lowest BCUT2D eigenvalue weighted by Gasteiger charge is -2.17. The van der Waals surface area contributed by atoms with Crippen LogP contribution >= 0.6 is 11.6 Å². The number of hydrogen-bond acceptors (Lipinski definition) is 2. The predicted octanol–water partition coefficient (Wildman–Crippen LogP) is 4.01. The highest BCUT2D eigenvalue weighted by molar-refractivity contribution is 6.31. The average Bonchev–Trinajstić information content (AvgIpc) is 2.41. The molecule has 0 aromatic heterocycles. The summed E-state index contributed by atoms with van der Waals surface area (Å²) in [5.74, 6) is 0.874. The maximum atomic E-state index is 6.35. The van der Waals surface area contributed by atoms with E-state index in [1.165, 1.54) is 0 Å². The van der Waals surface area contributed by atoms with E-state index in [0.29, 0.717) is 0 Å². The van der Waals surface area contributed by atoms with E-state index in [-0.39, 0.29) is 6.04 Å². The molecule has 0 aliphatic carbocycles. The summed E-state index contributed by atoms with van der Waals surface area (Å²) in [5.41, 5.74) is 10.6. The van der Waals surface area contributed by atoms with Gasteiger partial charge >= 0.3 is 0 Å². The van der Waals surface area contributed by atoms with Crippen LogP contribution in [0.25, 0.3) is 0 Å². The molecule has 0 saturated carbocycles. The number of halogens is 1. The Hall–Kier alpha value is -1.51. The van der Waals surface area contributed by atoms with E-state index in [1.54, 1.807) is 7.11 Å². The topological polar surface area (TPSA) is 35.2 Å². The third-order valence-electron chi connectivity index (χ3n) is 3.42. The Morgan fingerprint density at radius 1 is 1.16 bits per heavy atom. The molecular weight excluding hydrogens is 258 g/mol. The van der Waals surface area contributed by atoms with Crippen LogP contribution in [0.2, 0.25) is 5.02 Å². The maximum Gasteiger partial charge on any atom is 0.121 e. The van der Waals surface area contributed by atoms with E-state index >= 15 is 0 Å². The molecule has 1 unspecified atom stereocenters. The lowest BCUT2D eigenvalue weighted by molar-refractivity contribution is 0.411. The summed E-state index contributed by atoms with van der Waals surface area (Å²) in [5, 5.41) is 0.748. The number of rotatable bonds is 3. The van der Waals surface area contributed by atoms with Gasteiger partial charge in [-0.25, -0.2) is 0 Å². The van der Waals surface area contributed by atoms with Crippen LogP contribution in [0.3, 0.4) is 0 Å². The monoisotopic (exact) mass is 275 g/mol. The molecule has 2 aromatic rings. The zero-order chi connectivity index (χ0) is 14.0. The highest BCUT2D eigenvalue weighted by Gasteiger charge is 2.14. The summed E-state index contributed by atoms with van der Waals surface area (Å²) in [6.07, 6.45) is 0. The summed E-state index contributed by atoms with van der Waals surface area (Å²) >= 11 is 6.15. The third-order valence-corrected chi connectivity index (χ3v) is 3.83. The average molecular weight is 276 g/mol. The van der Waals surface area contributed by atoms with Crippen LogP contribution in [0, 0.1) is 13.8 Å². The van der Waals surface area contributed by atoms with Gasteiger partial charge in [0, 0.05) is 5.02 Å². The lowest BCUT2D eigenvalue weighted by atomic mass is 9.94. The quantitative estimate of drug-likeness (QED) is 0.918. The zero-order valence-electron chi connectivity index (χ0n) is 11.4. The number of aryl methyl sites for hydroxylation is 1. The minimum absolute atomic E-state index is 0.177. The van der Waals surface area contributed by atoms with Gasteiger partial charge < -0.3 is 10.5 Å². The number of methoxy groups -OCH3 is 1. The standard InChI is InChI=1S/C16H18ClNO/c1-10-9-12(7-8-15(10)19-3)16(18)13-5-4-6-14(17)11(13)2/h4-9,16H,18H2,1-3H3. The van der Waals surface area contributed by atoms with Gasteiger partial charge in [0.1, 0.15) is 5.75 Å². The molecule has 2 aromatic carbocycles. The van der Waals surface area contributed by atoms with E-state index in [2.05, 4.69) is 6.07 Å². The molecule has 0 saturated heterocycles. The summed E-state index contributed by atoms with van der Waals surface area (Å²) in [4.78, 5) is 0. The summed E-state index contributed by atoms with van der Waals surface area (Å²) in [6, 6.07) is 11.7. The molecule has 0 amide bonds. The van der Waals surface area contributed by atoms with Crippen molar-refractivity contribution in [2.24, 2.45) is 5.73 Å². The number of ether oxygens (including phenoxy) is 1. The van der Waals surface area contributed by atoms with Crippen molar-refractivity contribution in [3.63, 3.8) is 0 Å². The first-order chi connectivity index (χ1) is 9.04. The first-order valence-electron chi connectivity index (χ1n) is 6.19. The Morgan fingerprint density at radius 2 is 1.89 bits per heavy atom. The van der Waals surface area contributed by atoms with Gasteiger partial charge in [-0.05, 0) is 48.2 Å². The van der Waals surface area contributed by atoms with Gasteiger partial charge in [-0.2, -0.15) is 0 Å². The van der Waals surface area contributed by atoms with Crippen molar-refractivity contribution >= 4 is 11.6 Å². The van der Waals surface area contributed by atoms with Gasteiger partial charge in [-0.15, -0.1) is 0 Å². The maximum absolute atomic E-state index is 6.35. The molecule has 0 fully saturated rings. The van der Waals surface area contributed by atoms with Crippen molar-refractivity contribution in [3.8, 4) is 5.75 Å². The largest absolute Gasteiger partial charge is 0.496 e. The molecule has 2 N–H and O–H groups in total. The molecule has 1 atom stereocenters. The molecule has 3 heteroatoms. The molecule has 0 heterocycles. The van der Waals surface area contributed by atoms with Crippen LogP contribution in [0.4, 0.5) is 0 Å². The fraction of sp³-hybridized carbons (Fsp3) is 0.250. The number of hydrogen-bond donors (Lipinski definition) is 1. The Balaban J connectivity index is 2.41. The van der Waals surface area contributed by atoms with Crippen molar-refractivity contribution < 1.29 is 4.74 Å². The SMILES string of the molecule is COc1ccc(C(N)c2cccc(Cl)c2C)cc1C. The number of benzene rings is 2. The van der Waals surface area contributed by atoms with E-state index in [0.717, 1.165) is 33.0 Å². The Morgan fingerprint density at radius 3 is 2.53 bits per heavy atom. The van der Waals surface area contributed by atoms with Crippen molar-refractivity contribution in [2.75, 3.05) is 7.11 Å². The van der Waals surface area contributed by atoms with Crippen LogP contribution in [-0.2, 0) is 0 Å². The van der Waals surface area contributed by atoms with E-state index in [1.807, 2.05) is 44.2 Å². The van der Waals surface area contributed by atoms with Crippen LogP contribution < -0.4 is 10.5 Å². The highest BCUT2D eigenvalue weighted by atomic mass is 35.5. The van der Waals surface area contributed by atoms with Gasteiger partial charge in [-0.1, -0.05) is 35.9 Å². The van der Waals surface area contributed by atoms with Crippen LogP contribution in [0.15, 0.2) is 36.4 Å². The first-order valence-corrected chi connectivity index (χ1v) is 6.57. The number of nitrogens with two attached hydrogens (primary N) is 1. The molecule has 2 rings (SSSR count). The van der Waals surface area contributed by atoms with Crippen molar-refractivity contribution in [1.29, 1.82) is 0 Å². The smallest absolute Gasteiger partial charge is 0.121 e. The molecule has 100 valence electrons. The fourth-order valence-electron chi connectivity index (χ4n) is 2.24. The van der Waals surface area contributed by atoms with Gasteiger partial charge in [-0.3, -0.25) is 0 Å². The molecule has 2 nitrogen and oxygen atoms in total. The Kier molecular flexibility index (Phi) is 4.13. The normalized spacial score (nSPS) is 12.3. The van der Waals surface area contributed by atoms with Gasteiger partial charge in [0.05, 0.1) is 13.2 Å². The Bertz CT molecular complexity index is 595. The summed E-state index contributed by atoms with van der Waals surface area (Å²) in [6.45, 7) is 4.01. The van der Waals surface area contributed by atoms with Gasteiger partial charge in [0.25, 0.3) is 0 Å². The van der Waals surface area contributed by atoms with E-state index in [4.69, 9.17) is 22.1 Å².